The van der Waals surface area contributed by atoms with E-state index in [1.54, 1.807) is 11.3 Å². The van der Waals surface area contributed by atoms with Crippen molar-refractivity contribution in [1.29, 1.82) is 0 Å². The average molecular weight is 253 g/mol. The van der Waals surface area contributed by atoms with Crippen LogP contribution in [0.25, 0.3) is 21.9 Å². The molecule has 2 heteroatoms. The molecule has 0 radical (unpaired) electrons. The first kappa shape index (κ1) is 11.3. The first-order valence-corrected chi connectivity index (χ1v) is 6.92. The van der Waals surface area contributed by atoms with Gasteiger partial charge in [-0.1, -0.05) is 24.3 Å². The fourth-order valence-corrected chi connectivity index (χ4v) is 2.92. The molecule has 0 spiro atoms. The van der Waals surface area contributed by atoms with Gasteiger partial charge in [0.15, 0.2) is 0 Å². The van der Waals surface area contributed by atoms with Crippen molar-refractivity contribution in [2.45, 2.75) is 0 Å². The van der Waals surface area contributed by atoms with E-state index in [1.165, 1.54) is 27.6 Å². The Bertz CT molecular complexity index is 669. The highest BCUT2D eigenvalue weighted by Crippen LogP contribution is 2.33. The minimum absolute atomic E-state index is 1.27. The zero-order valence-corrected chi connectivity index (χ0v) is 11.4. The van der Waals surface area contributed by atoms with Crippen LogP contribution in [0.3, 0.4) is 0 Å². The van der Waals surface area contributed by atoms with Crippen molar-refractivity contribution < 1.29 is 0 Å². The molecule has 0 bridgehead atoms. The van der Waals surface area contributed by atoms with Crippen molar-refractivity contribution >= 4 is 27.8 Å². The lowest BCUT2D eigenvalue weighted by Gasteiger charge is -2.17. The molecule has 3 rings (SSSR count). The van der Waals surface area contributed by atoms with Crippen LogP contribution in [0.2, 0.25) is 0 Å². The molecule has 3 aromatic rings. The van der Waals surface area contributed by atoms with Crippen LogP contribution in [0.1, 0.15) is 0 Å². The van der Waals surface area contributed by atoms with Crippen LogP contribution in [0.15, 0.2) is 53.2 Å². The van der Waals surface area contributed by atoms with Gasteiger partial charge in [-0.25, -0.2) is 0 Å². The summed E-state index contributed by atoms with van der Waals surface area (Å²) in [4.78, 5) is 2.18. The molecule has 0 aliphatic carbocycles. The summed E-state index contributed by atoms with van der Waals surface area (Å²) in [6.45, 7) is 0. The third-order valence-corrected chi connectivity index (χ3v) is 3.86. The van der Waals surface area contributed by atoms with Crippen LogP contribution in [-0.4, -0.2) is 14.1 Å². The number of rotatable bonds is 2. The molecule has 0 fully saturated rings. The Labute approximate surface area is 111 Å². The molecule has 0 amide bonds. The lowest BCUT2D eigenvalue weighted by atomic mass is 10.0. The van der Waals surface area contributed by atoms with Gasteiger partial charge in [0.05, 0.1) is 0 Å². The molecule has 18 heavy (non-hydrogen) atoms. The maximum absolute atomic E-state index is 2.27. The quantitative estimate of drug-likeness (QED) is 0.643. The van der Waals surface area contributed by atoms with Crippen LogP contribution < -0.4 is 4.90 Å². The number of hydrogen-bond donors (Lipinski definition) is 0. The molecule has 1 nitrogen and oxygen atoms in total. The third-order valence-electron chi connectivity index (χ3n) is 3.18. The zero-order valence-electron chi connectivity index (χ0n) is 10.6. The summed E-state index contributed by atoms with van der Waals surface area (Å²) in [7, 11) is 4.19. The standard InChI is InChI=1S/C16H15NS/c1-17(2)16-10-14(13-7-8-18-11-13)9-12-5-3-4-6-15(12)16/h3-11H,1-2H3. The second kappa shape index (κ2) is 4.46. The van der Waals surface area contributed by atoms with E-state index in [2.05, 4.69) is 72.2 Å². The van der Waals surface area contributed by atoms with Gasteiger partial charge in [-0.2, -0.15) is 11.3 Å². The van der Waals surface area contributed by atoms with E-state index in [0.29, 0.717) is 0 Å². The molecule has 0 saturated heterocycles. The van der Waals surface area contributed by atoms with Crippen molar-refractivity contribution in [1.82, 2.24) is 0 Å². The Hall–Kier alpha value is -1.80. The minimum atomic E-state index is 1.27. The Morgan fingerprint density at radius 3 is 2.50 bits per heavy atom. The van der Waals surface area contributed by atoms with Crippen LogP contribution in [0.5, 0.6) is 0 Å². The predicted octanol–water partition coefficient (Wildman–Crippen LogP) is 4.63. The zero-order chi connectivity index (χ0) is 12.5. The predicted molar refractivity (Wildman–Crippen MR) is 81.6 cm³/mol. The van der Waals surface area contributed by atoms with Crippen molar-refractivity contribution in [2.75, 3.05) is 19.0 Å². The molecule has 1 aromatic heterocycles. The Balaban J connectivity index is 2.30. The summed E-state index contributed by atoms with van der Waals surface area (Å²) in [5, 5.41) is 6.93. The third kappa shape index (κ3) is 1.89. The van der Waals surface area contributed by atoms with E-state index in [-0.39, 0.29) is 0 Å². The molecule has 1 heterocycles. The van der Waals surface area contributed by atoms with Crippen molar-refractivity contribution in [3.8, 4) is 11.1 Å². The molecule has 0 aliphatic heterocycles. The highest BCUT2D eigenvalue weighted by atomic mass is 32.1. The number of nitrogens with zero attached hydrogens (tertiary/aromatic N) is 1. The summed E-state index contributed by atoms with van der Waals surface area (Å²) in [5.74, 6) is 0. The van der Waals surface area contributed by atoms with E-state index < -0.39 is 0 Å². The van der Waals surface area contributed by atoms with Crippen molar-refractivity contribution in [3.05, 3.63) is 53.2 Å². The number of hydrogen-bond acceptors (Lipinski definition) is 2. The van der Waals surface area contributed by atoms with E-state index >= 15 is 0 Å². The van der Waals surface area contributed by atoms with E-state index in [0.717, 1.165) is 0 Å². The summed E-state index contributed by atoms with van der Waals surface area (Å²) >= 11 is 1.74. The molecule has 0 unspecified atom stereocenters. The van der Waals surface area contributed by atoms with Gasteiger partial charge < -0.3 is 4.90 Å². The van der Waals surface area contributed by atoms with E-state index in [4.69, 9.17) is 0 Å². The summed E-state index contributed by atoms with van der Waals surface area (Å²) in [5.41, 5.74) is 3.86. The first-order chi connectivity index (χ1) is 8.75. The Morgan fingerprint density at radius 2 is 1.78 bits per heavy atom. The Kier molecular flexibility index (Phi) is 2.80. The number of anilines is 1. The Morgan fingerprint density at radius 1 is 0.944 bits per heavy atom. The molecule has 0 N–H and O–H groups in total. The fraction of sp³-hybridized carbons (Fsp3) is 0.125. The van der Waals surface area contributed by atoms with Gasteiger partial charge in [-0.15, -0.1) is 0 Å². The van der Waals surface area contributed by atoms with Crippen LogP contribution >= 0.6 is 11.3 Å². The number of thiophene rings is 1. The van der Waals surface area contributed by atoms with Gasteiger partial charge in [0.25, 0.3) is 0 Å². The molecule has 0 atom stereocenters. The first-order valence-electron chi connectivity index (χ1n) is 5.98. The lowest BCUT2D eigenvalue weighted by Crippen LogP contribution is -2.09. The van der Waals surface area contributed by atoms with Crippen LogP contribution in [-0.2, 0) is 0 Å². The number of benzene rings is 2. The molecular weight excluding hydrogens is 238 g/mol. The fourth-order valence-electron chi connectivity index (χ4n) is 2.26. The van der Waals surface area contributed by atoms with Gasteiger partial charge in [-0.05, 0) is 45.5 Å². The van der Waals surface area contributed by atoms with Gasteiger partial charge in [-0.3, -0.25) is 0 Å². The number of fused-ring (bicyclic) bond motifs is 1. The maximum atomic E-state index is 2.27. The van der Waals surface area contributed by atoms with Gasteiger partial charge in [0.2, 0.25) is 0 Å². The van der Waals surface area contributed by atoms with Crippen LogP contribution in [0.4, 0.5) is 5.69 Å². The summed E-state index contributed by atoms with van der Waals surface area (Å²) < 4.78 is 0. The van der Waals surface area contributed by atoms with Gasteiger partial charge in [0, 0.05) is 25.2 Å². The smallest absolute Gasteiger partial charge is 0.0446 e. The van der Waals surface area contributed by atoms with Gasteiger partial charge in [0.1, 0.15) is 0 Å². The highest BCUT2D eigenvalue weighted by molar-refractivity contribution is 7.08. The largest absolute Gasteiger partial charge is 0.377 e. The average Bonchev–Trinajstić information content (AvgIpc) is 2.91. The second-order valence-corrected chi connectivity index (χ2v) is 5.40. The SMILES string of the molecule is CN(C)c1cc(-c2ccsc2)cc2ccccc12. The van der Waals surface area contributed by atoms with E-state index in [9.17, 15) is 0 Å². The monoisotopic (exact) mass is 253 g/mol. The van der Waals surface area contributed by atoms with E-state index in [1.807, 2.05) is 0 Å². The van der Waals surface area contributed by atoms with Crippen LogP contribution in [0, 0.1) is 0 Å². The van der Waals surface area contributed by atoms with Crippen molar-refractivity contribution in [3.63, 3.8) is 0 Å². The maximum Gasteiger partial charge on any atom is 0.0446 e. The molecular formula is C16H15NS. The normalized spacial score (nSPS) is 10.8. The highest BCUT2D eigenvalue weighted by Gasteiger charge is 2.07. The lowest BCUT2D eigenvalue weighted by molar-refractivity contribution is 1.14. The summed E-state index contributed by atoms with van der Waals surface area (Å²) in [6, 6.07) is 15.3. The summed E-state index contributed by atoms with van der Waals surface area (Å²) in [6.07, 6.45) is 0. The molecule has 0 aliphatic rings. The van der Waals surface area contributed by atoms with Crippen molar-refractivity contribution in [2.24, 2.45) is 0 Å². The van der Waals surface area contributed by atoms with Gasteiger partial charge >= 0.3 is 0 Å². The topological polar surface area (TPSA) is 3.24 Å². The molecule has 0 saturated carbocycles. The molecule has 90 valence electrons. The molecule has 2 aromatic carbocycles. The second-order valence-electron chi connectivity index (χ2n) is 4.62. The minimum Gasteiger partial charge on any atom is -0.377 e.